The fourth-order valence-corrected chi connectivity index (χ4v) is 1.30. The number of hydrogen-bond acceptors (Lipinski definition) is 2. The van der Waals surface area contributed by atoms with Crippen LogP contribution in [0, 0.1) is 5.41 Å². The summed E-state index contributed by atoms with van der Waals surface area (Å²) in [6.07, 6.45) is -0.204. The van der Waals surface area contributed by atoms with Crippen LogP contribution in [-0.4, -0.2) is 25.4 Å². The lowest BCUT2D eigenvalue weighted by atomic mass is 10.2. The molecule has 0 saturated heterocycles. The molecule has 0 heterocycles. The number of thiol groups is 1. The summed E-state index contributed by atoms with van der Waals surface area (Å²) in [6, 6.07) is 0. The Labute approximate surface area is 70.5 Å². The van der Waals surface area contributed by atoms with Gasteiger partial charge in [-0.05, 0) is 18.6 Å². The minimum Gasteiger partial charge on any atom is -0.375 e. The van der Waals surface area contributed by atoms with Crippen LogP contribution < -0.4 is 0 Å². The SMILES string of the molecule is FC(F)COCC1(CS)CC1. The van der Waals surface area contributed by atoms with Crippen molar-refractivity contribution in [2.45, 2.75) is 19.3 Å². The first-order chi connectivity index (χ1) is 5.18. The standard InChI is InChI=1S/C7H12F2OS/c8-6(9)3-10-4-7(5-11)1-2-7/h6,11H,1-5H2. The number of alkyl halides is 2. The molecule has 0 atom stereocenters. The molecule has 66 valence electrons. The van der Waals surface area contributed by atoms with Crippen molar-refractivity contribution in [2.75, 3.05) is 19.0 Å². The zero-order valence-electron chi connectivity index (χ0n) is 6.22. The normalized spacial score (nSPS) is 20.7. The quantitative estimate of drug-likeness (QED) is 0.640. The van der Waals surface area contributed by atoms with Gasteiger partial charge in [0.15, 0.2) is 0 Å². The van der Waals surface area contributed by atoms with E-state index in [0.29, 0.717) is 6.61 Å². The van der Waals surface area contributed by atoms with Crippen LogP contribution in [0.1, 0.15) is 12.8 Å². The summed E-state index contributed by atoms with van der Waals surface area (Å²) in [7, 11) is 0. The summed E-state index contributed by atoms with van der Waals surface area (Å²) < 4.78 is 28.0. The monoisotopic (exact) mass is 182 g/mol. The van der Waals surface area contributed by atoms with Gasteiger partial charge >= 0.3 is 0 Å². The van der Waals surface area contributed by atoms with E-state index in [1.165, 1.54) is 0 Å². The Hall–Kier alpha value is 0.170. The predicted octanol–water partition coefficient (Wildman–Crippen LogP) is 1.98. The molecular formula is C7H12F2OS. The highest BCUT2D eigenvalue weighted by molar-refractivity contribution is 7.80. The van der Waals surface area contributed by atoms with Gasteiger partial charge in [-0.2, -0.15) is 12.6 Å². The van der Waals surface area contributed by atoms with Crippen LogP contribution in [-0.2, 0) is 4.74 Å². The molecule has 0 spiro atoms. The Kier molecular flexibility index (Phi) is 3.13. The molecule has 0 unspecified atom stereocenters. The second kappa shape index (κ2) is 3.72. The van der Waals surface area contributed by atoms with Gasteiger partial charge in [0.05, 0.1) is 6.61 Å². The molecule has 0 radical (unpaired) electrons. The second-order valence-corrected chi connectivity index (χ2v) is 3.38. The van der Waals surface area contributed by atoms with E-state index in [0.717, 1.165) is 18.6 Å². The van der Waals surface area contributed by atoms with E-state index in [4.69, 9.17) is 4.74 Å². The van der Waals surface area contributed by atoms with Crippen molar-refractivity contribution >= 4 is 12.6 Å². The lowest BCUT2D eigenvalue weighted by Crippen LogP contribution is -2.15. The van der Waals surface area contributed by atoms with E-state index in [1.807, 2.05) is 0 Å². The first-order valence-electron chi connectivity index (χ1n) is 3.65. The van der Waals surface area contributed by atoms with E-state index in [2.05, 4.69) is 12.6 Å². The first-order valence-corrected chi connectivity index (χ1v) is 4.28. The lowest BCUT2D eigenvalue weighted by Gasteiger charge is -2.11. The minimum absolute atomic E-state index is 0.137. The third-order valence-corrected chi connectivity index (χ3v) is 2.62. The summed E-state index contributed by atoms with van der Waals surface area (Å²) in [4.78, 5) is 0. The van der Waals surface area contributed by atoms with Crippen molar-refractivity contribution in [3.05, 3.63) is 0 Å². The highest BCUT2D eigenvalue weighted by atomic mass is 32.1. The van der Waals surface area contributed by atoms with Gasteiger partial charge in [0.25, 0.3) is 6.43 Å². The van der Waals surface area contributed by atoms with E-state index < -0.39 is 13.0 Å². The number of rotatable bonds is 5. The maximum absolute atomic E-state index is 11.6. The molecule has 11 heavy (non-hydrogen) atoms. The van der Waals surface area contributed by atoms with Gasteiger partial charge in [0.2, 0.25) is 0 Å². The largest absolute Gasteiger partial charge is 0.375 e. The highest BCUT2D eigenvalue weighted by Gasteiger charge is 2.41. The molecule has 0 bridgehead atoms. The van der Waals surface area contributed by atoms with Gasteiger partial charge in [-0.3, -0.25) is 0 Å². The molecule has 0 aromatic rings. The van der Waals surface area contributed by atoms with Gasteiger partial charge in [-0.1, -0.05) is 0 Å². The van der Waals surface area contributed by atoms with E-state index in [9.17, 15) is 8.78 Å². The lowest BCUT2D eigenvalue weighted by molar-refractivity contribution is 0.00296. The molecule has 0 aromatic carbocycles. The molecule has 1 nitrogen and oxygen atoms in total. The van der Waals surface area contributed by atoms with Crippen molar-refractivity contribution in [3.63, 3.8) is 0 Å². The molecule has 1 aliphatic carbocycles. The molecular weight excluding hydrogens is 170 g/mol. The molecule has 0 amide bonds. The summed E-state index contributed by atoms with van der Waals surface area (Å²) in [5.74, 6) is 0.746. The number of hydrogen-bond donors (Lipinski definition) is 1. The summed E-state index contributed by atoms with van der Waals surface area (Å²) in [5.41, 5.74) is 0.137. The predicted molar refractivity (Wildman–Crippen MR) is 42.3 cm³/mol. The average molecular weight is 182 g/mol. The van der Waals surface area contributed by atoms with Gasteiger partial charge in [-0.15, -0.1) is 0 Å². The maximum Gasteiger partial charge on any atom is 0.261 e. The fourth-order valence-electron chi connectivity index (χ4n) is 0.889. The summed E-state index contributed by atoms with van der Waals surface area (Å²) in [5, 5.41) is 0. The van der Waals surface area contributed by atoms with Crippen LogP contribution in [0.15, 0.2) is 0 Å². The fraction of sp³-hybridized carbons (Fsp3) is 1.00. The van der Waals surface area contributed by atoms with E-state index >= 15 is 0 Å². The zero-order chi connectivity index (χ0) is 8.32. The van der Waals surface area contributed by atoms with Gasteiger partial charge in [-0.25, -0.2) is 8.78 Å². The molecule has 1 fully saturated rings. The number of halogens is 2. The Morgan fingerprint density at radius 3 is 2.45 bits per heavy atom. The van der Waals surface area contributed by atoms with Crippen LogP contribution >= 0.6 is 12.6 Å². The van der Waals surface area contributed by atoms with Crippen molar-refractivity contribution < 1.29 is 13.5 Å². The molecule has 1 rings (SSSR count). The second-order valence-electron chi connectivity index (χ2n) is 3.06. The molecule has 1 aliphatic rings. The van der Waals surface area contributed by atoms with Gasteiger partial charge in [0.1, 0.15) is 6.61 Å². The van der Waals surface area contributed by atoms with Crippen molar-refractivity contribution in [3.8, 4) is 0 Å². The molecule has 4 heteroatoms. The topological polar surface area (TPSA) is 9.23 Å². The zero-order valence-corrected chi connectivity index (χ0v) is 7.12. The van der Waals surface area contributed by atoms with E-state index in [1.54, 1.807) is 0 Å². The highest BCUT2D eigenvalue weighted by Crippen LogP contribution is 2.46. The van der Waals surface area contributed by atoms with Crippen molar-refractivity contribution in [1.29, 1.82) is 0 Å². The Balaban J connectivity index is 2.03. The smallest absolute Gasteiger partial charge is 0.261 e. The third-order valence-electron chi connectivity index (χ3n) is 1.94. The minimum atomic E-state index is -2.34. The van der Waals surface area contributed by atoms with Gasteiger partial charge < -0.3 is 4.74 Å². The average Bonchev–Trinajstić information content (AvgIpc) is 2.69. The Bertz CT molecular complexity index is 126. The molecule has 0 aromatic heterocycles. The van der Waals surface area contributed by atoms with Crippen LogP contribution in [0.3, 0.4) is 0 Å². The van der Waals surface area contributed by atoms with Crippen LogP contribution in [0.2, 0.25) is 0 Å². The Morgan fingerprint density at radius 2 is 2.09 bits per heavy atom. The van der Waals surface area contributed by atoms with Crippen LogP contribution in [0.4, 0.5) is 8.78 Å². The van der Waals surface area contributed by atoms with Crippen LogP contribution in [0.25, 0.3) is 0 Å². The number of ether oxygens (including phenoxy) is 1. The third kappa shape index (κ3) is 2.95. The van der Waals surface area contributed by atoms with Crippen molar-refractivity contribution in [1.82, 2.24) is 0 Å². The van der Waals surface area contributed by atoms with Crippen LogP contribution in [0.5, 0.6) is 0 Å². The molecule has 0 N–H and O–H groups in total. The maximum atomic E-state index is 11.6. The van der Waals surface area contributed by atoms with E-state index in [-0.39, 0.29) is 5.41 Å². The van der Waals surface area contributed by atoms with Gasteiger partial charge in [0, 0.05) is 5.41 Å². The molecule has 1 saturated carbocycles. The van der Waals surface area contributed by atoms with Crippen molar-refractivity contribution in [2.24, 2.45) is 5.41 Å². The molecule has 0 aliphatic heterocycles. The first kappa shape index (κ1) is 9.26. The summed E-state index contributed by atoms with van der Waals surface area (Å²) in [6.45, 7) is 0.0103. The summed E-state index contributed by atoms with van der Waals surface area (Å²) >= 11 is 4.12. The Morgan fingerprint density at radius 1 is 1.45 bits per heavy atom.